The number of aromatic nitrogens is 2. The molecule has 1 aromatic carbocycles. The maximum absolute atomic E-state index is 12.7. The maximum Gasteiger partial charge on any atom is 0.416 e. The lowest BCUT2D eigenvalue weighted by Crippen LogP contribution is -2.29. The van der Waals surface area contributed by atoms with E-state index in [4.69, 9.17) is 4.74 Å². The molecule has 32 heavy (non-hydrogen) atoms. The Kier molecular flexibility index (Phi) is 7.08. The molecule has 1 N–H and O–H groups in total. The van der Waals surface area contributed by atoms with Crippen molar-refractivity contribution in [3.63, 3.8) is 0 Å². The number of nitrogens with zero attached hydrogens (tertiary/aromatic N) is 2. The van der Waals surface area contributed by atoms with E-state index < -0.39 is 29.2 Å². The van der Waals surface area contributed by atoms with Crippen molar-refractivity contribution >= 4 is 28.3 Å². The summed E-state index contributed by atoms with van der Waals surface area (Å²) in [5.74, 6) is -1.13. The fourth-order valence-electron chi connectivity index (χ4n) is 2.80. The van der Waals surface area contributed by atoms with Crippen LogP contribution in [0.3, 0.4) is 0 Å². The number of anilines is 1. The Balaban J connectivity index is 1.71. The van der Waals surface area contributed by atoms with Crippen LogP contribution in [0.5, 0.6) is 0 Å². The van der Waals surface area contributed by atoms with Crippen LogP contribution in [0.2, 0.25) is 0 Å². The molecule has 168 valence electrons. The largest absolute Gasteiger partial charge is 0.466 e. The Morgan fingerprint density at radius 2 is 1.91 bits per heavy atom. The molecular formula is C21H18F3N3O4S. The van der Waals surface area contributed by atoms with Crippen molar-refractivity contribution in [1.29, 1.82) is 0 Å². The van der Waals surface area contributed by atoms with Gasteiger partial charge in [0.1, 0.15) is 5.56 Å². The van der Waals surface area contributed by atoms with Gasteiger partial charge in [0.15, 0.2) is 5.13 Å². The molecule has 0 saturated carbocycles. The number of hydrogen-bond donors (Lipinski definition) is 1. The molecule has 0 saturated heterocycles. The van der Waals surface area contributed by atoms with Gasteiger partial charge in [0, 0.05) is 11.6 Å². The number of pyridine rings is 1. The van der Waals surface area contributed by atoms with Gasteiger partial charge in [-0.3, -0.25) is 19.7 Å². The lowest BCUT2D eigenvalue weighted by molar-refractivity contribution is -0.142. The minimum atomic E-state index is -4.45. The third-order valence-corrected chi connectivity index (χ3v) is 5.11. The number of esters is 1. The van der Waals surface area contributed by atoms with E-state index in [1.165, 1.54) is 35.0 Å². The van der Waals surface area contributed by atoms with E-state index in [-0.39, 0.29) is 30.3 Å². The molecule has 0 bridgehead atoms. The molecule has 0 aliphatic carbocycles. The fourth-order valence-corrected chi connectivity index (χ4v) is 3.51. The molecule has 11 heteroatoms. The maximum atomic E-state index is 12.7. The van der Waals surface area contributed by atoms with Crippen molar-refractivity contribution in [3.8, 4) is 0 Å². The first-order valence-electron chi connectivity index (χ1n) is 9.44. The molecular weight excluding hydrogens is 447 g/mol. The number of ether oxygens (including phenoxy) is 1. The number of carbonyl (C=O) groups excluding carboxylic acids is 2. The molecule has 0 radical (unpaired) electrons. The zero-order valence-corrected chi connectivity index (χ0v) is 17.6. The summed E-state index contributed by atoms with van der Waals surface area (Å²) in [4.78, 5) is 40.9. The third-order valence-electron chi connectivity index (χ3n) is 4.30. The van der Waals surface area contributed by atoms with Gasteiger partial charge in [-0.15, -0.1) is 11.3 Å². The van der Waals surface area contributed by atoms with Gasteiger partial charge in [0.05, 0.1) is 30.8 Å². The second kappa shape index (κ2) is 9.77. The number of rotatable bonds is 7. The summed E-state index contributed by atoms with van der Waals surface area (Å²) in [5.41, 5.74) is -0.639. The highest BCUT2D eigenvalue weighted by atomic mass is 32.1. The van der Waals surface area contributed by atoms with E-state index >= 15 is 0 Å². The molecule has 0 atom stereocenters. The summed E-state index contributed by atoms with van der Waals surface area (Å²) in [6, 6.07) is 7.27. The summed E-state index contributed by atoms with van der Waals surface area (Å²) in [5, 5.41) is 4.33. The molecule has 0 aliphatic rings. The average Bonchev–Trinajstić information content (AvgIpc) is 3.16. The van der Waals surface area contributed by atoms with Crippen LogP contribution in [0, 0.1) is 0 Å². The van der Waals surface area contributed by atoms with Gasteiger partial charge in [-0.05, 0) is 36.8 Å². The van der Waals surface area contributed by atoms with Crippen LogP contribution in [0.4, 0.5) is 18.3 Å². The normalized spacial score (nSPS) is 11.2. The fraction of sp³-hybridized carbons (Fsp3) is 0.238. The lowest BCUT2D eigenvalue weighted by Gasteiger charge is -2.10. The molecule has 2 heterocycles. The standard InChI is InChI=1S/C21H18F3N3O4S/c1-2-31-17(28)10-15-12-32-20(25-15)26-18(29)16-4-3-9-27(19(16)30)11-13-5-7-14(8-6-13)21(22,23)24/h3-9,12H,2,10-11H2,1H3,(H,25,26,29). The van der Waals surface area contributed by atoms with Crippen LogP contribution in [0.15, 0.2) is 52.8 Å². The van der Waals surface area contributed by atoms with Crippen LogP contribution >= 0.6 is 11.3 Å². The summed E-state index contributed by atoms with van der Waals surface area (Å²) in [7, 11) is 0. The van der Waals surface area contributed by atoms with E-state index in [0.29, 0.717) is 11.3 Å². The number of carbonyl (C=O) groups is 2. The van der Waals surface area contributed by atoms with Gasteiger partial charge in [-0.25, -0.2) is 4.98 Å². The number of amides is 1. The first-order chi connectivity index (χ1) is 15.2. The summed E-state index contributed by atoms with van der Waals surface area (Å²) in [6.45, 7) is 1.94. The molecule has 2 aromatic heterocycles. The molecule has 0 fully saturated rings. The molecule has 0 spiro atoms. The minimum absolute atomic E-state index is 0.000962. The topological polar surface area (TPSA) is 90.3 Å². The number of nitrogens with one attached hydrogen (secondary N) is 1. The van der Waals surface area contributed by atoms with E-state index in [1.807, 2.05) is 0 Å². The van der Waals surface area contributed by atoms with Gasteiger partial charge in [-0.2, -0.15) is 13.2 Å². The van der Waals surface area contributed by atoms with Crippen molar-refractivity contribution in [3.05, 3.63) is 80.7 Å². The van der Waals surface area contributed by atoms with Crippen LogP contribution in [0.25, 0.3) is 0 Å². The minimum Gasteiger partial charge on any atom is -0.466 e. The van der Waals surface area contributed by atoms with Gasteiger partial charge in [-0.1, -0.05) is 12.1 Å². The van der Waals surface area contributed by atoms with Crippen molar-refractivity contribution in [2.24, 2.45) is 0 Å². The van der Waals surface area contributed by atoms with E-state index in [0.717, 1.165) is 23.5 Å². The zero-order valence-electron chi connectivity index (χ0n) is 16.8. The summed E-state index contributed by atoms with van der Waals surface area (Å²) < 4.78 is 44.2. The second-order valence-electron chi connectivity index (χ2n) is 6.63. The van der Waals surface area contributed by atoms with Gasteiger partial charge < -0.3 is 9.30 Å². The third kappa shape index (κ3) is 5.82. The highest BCUT2D eigenvalue weighted by Gasteiger charge is 2.29. The highest BCUT2D eigenvalue weighted by molar-refractivity contribution is 7.14. The highest BCUT2D eigenvalue weighted by Crippen LogP contribution is 2.29. The molecule has 0 aliphatic heterocycles. The molecule has 7 nitrogen and oxygen atoms in total. The Morgan fingerprint density at radius 1 is 1.19 bits per heavy atom. The molecule has 3 aromatic rings. The predicted molar refractivity (Wildman–Crippen MR) is 112 cm³/mol. The number of thiazole rings is 1. The van der Waals surface area contributed by atoms with Gasteiger partial charge in [0.2, 0.25) is 0 Å². The monoisotopic (exact) mass is 465 g/mol. The average molecular weight is 465 g/mol. The summed E-state index contributed by atoms with van der Waals surface area (Å²) >= 11 is 1.10. The van der Waals surface area contributed by atoms with E-state index in [9.17, 15) is 27.6 Å². The Morgan fingerprint density at radius 3 is 2.56 bits per heavy atom. The number of hydrogen-bond acceptors (Lipinski definition) is 6. The van der Waals surface area contributed by atoms with Gasteiger partial charge in [0.25, 0.3) is 11.5 Å². The van der Waals surface area contributed by atoms with Crippen LogP contribution < -0.4 is 10.9 Å². The van der Waals surface area contributed by atoms with Crippen LogP contribution in [-0.4, -0.2) is 28.0 Å². The summed E-state index contributed by atoms with van der Waals surface area (Å²) in [6.07, 6.45) is -3.04. The molecule has 1 amide bonds. The Labute approximate surface area is 184 Å². The zero-order chi connectivity index (χ0) is 23.3. The second-order valence-corrected chi connectivity index (χ2v) is 7.49. The van der Waals surface area contributed by atoms with Crippen molar-refractivity contribution < 1.29 is 27.5 Å². The molecule has 3 rings (SSSR count). The van der Waals surface area contributed by atoms with E-state index in [1.54, 1.807) is 12.3 Å². The number of benzene rings is 1. The van der Waals surface area contributed by atoms with Gasteiger partial charge >= 0.3 is 12.1 Å². The Bertz CT molecular complexity index is 1170. The first-order valence-corrected chi connectivity index (χ1v) is 10.3. The Hall–Kier alpha value is -3.47. The van der Waals surface area contributed by atoms with Crippen LogP contribution in [-0.2, 0) is 28.7 Å². The van der Waals surface area contributed by atoms with Crippen molar-refractivity contribution in [2.45, 2.75) is 26.1 Å². The van der Waals surface area contributed by atoms with Crippen LogP contribution in [0.1, 0.15) is 34.1 Å². The first kappa shape index (κ1) is 23.2. The van der Waals surface area contributed by atoms with Crippen molar-refractivity contribution in [2.75, 3.05) is 11.9 Å². The SMILES string of the molecule is CCOC(=O)Cc1csc(NC(=O)c2cccn(Cc3ccc(C(F)(F)F)cc3)c2=O)n1. The lowest BCUT2D eigenvalue weighted by atomic mass is 10.1. The number of halogens is 3. The predicted octanol–water partition coefficient (Wildman–Crippen LogP) is 3.73. The molecule has 0 unspecified atom stereocenters. The smallest absolute Gasteiger partial charge is 0.416 e. The van der Waals surface area contributed by atoms with E-state index in [2.05, 4.69) is 10.3 Å². The quantitative estimate of drug-likeness (QED) is 0.537. The number of alkyl halides is 3. The van der Waals surface area contributed by atoms with Crippen molar-refractivity contribution in [1.82, 2.24) is 9.55 Å².